The van der Waals surface area contributed by atoms with Gasteiger partial charge in [0.25, 0.3) is 0 Å². The Morgan fingerprint density at radius 1 is 1.11 bits per heavy atom. The number of hydrogen-bond donors (Lipinski definition) is 1. The summed E-state index contributed by atoms with van der Waals surface area (Å²) in [4.78, 5) is 0. The predicted octanol–water partition coefficient (Wildman–Crippen LogP) is 3.72. The summed E-state index contributed by atoms with van der Waals surface area (Å²) >= 11 is 0. The molecule has 1 aromatic rings. The minimum atomic E-state index is 0.491. The van der Waals surface area contributed by atoms with Crippen molar-refractivity contribution in [2.45, 2.75) is 57.6 Å². The van der Waals surface area contributed by atoms with Crippen molar-refractivity contribution in [1.29, 1.82) is 0 Å². The van der Waals surface area contributed by atoms with Crippen molar-refractivity contribution in [1.82, 2.24) is 5.32 Å². The van der Waals surface area contributed by atoms with Crippen LogP contribution in [0.4, 0.5) is 0 Å². The third kappa shape index (κ3) is 3.73. The molecule has 2 saturated carbocycles. The first kappa shape index (κ1) is 13.0. The highest BCUT2D eigenvalue weighted by Gasteiger charge is 2.24. The van der Waals surface area contributed by atoms with Crippen LogP contribution in [0, 0.1) is 5.92 Å². The van der Waals surface area contributed by atoms with Gasteiger partial charge in [0.1, 0.15) is 5.75 Å². The fourth-order valence-corrected chi connectivity index (χ4v) is 2.37. The van der Waals surface area contributed by atoms with E-state index < -0.39 is 0 Å². The molecule has 0 heterocycles. The van der Waals surface area contributed by atoms with Gasteiger partial charge in [0.05, 0.1) is 6.10 Å². The molecular formula is C17H25NO. The second-order valence-corrected chi connectivity index (χ2v) is 6.33. The predicted molar refractivity (Wildman–Crippen MR) is 78.7 cm³/mol. The molecule has 0 amide bonds. The molecule has 2 aliphatic carbocycles. The van der Waals surface area contributed by atoms with E-state index in [1.807, 2.05) is 0 Å². The summed E-state index contributed by atoms with van der Waals surface area (Å²) in [5.41, 5.74) is 1.42. The van der Waals surface area contributed by atoms with Crippen LogP contribution in [0.2, 0.25) is 0 Å². The van der Waals surface area contributed by atoms with Gasteiger partial charge in [-0.2, -0.15) is 0 Å². The van der Waals surface area contributed by atoms with Crippen LogP contribution in [0.15, 0.2) is 24.3 Å². The molecule has 2 unspecified atom stereocenters. The Labute approximate surface area is 116 Å². The third-order valence-corrected chi connectivity index (χ3v) is 4.39. The molecule has 2 heteroatoms. The quantitative estimate of drug-likeness (QED) is 0.806. The fraction of sp³-hybridized carbons (Fsp3) is 0.647. The normalized spacial score (nSPS) is 22.0. The molecule has 0 saturated heterocycles. The fourth-order valence-electron chi connectivity index (χ4n) is 2.37. The first-order valence-corrected chi connectivity index (χ1v) is 7.72. The highest BCUT2D eigenvalue weighted by atomic mass is 16.5. The van der Waals surface area contributed by atoms with Crippen molar-refractivity contribution in [2.75, 3.05) is 6.54 Å². The minimum absolute atomic E-state index is 0.491. The molecule has 0 aromatic heterocycles. The van der Waals surface area contributed by atoms with E-state index in [4.69, 9.17) is 4.74 Å². The van der Waals surface area contributed by atoms with Crippen LogP contribution >= 0.6 is 0 Å². The van der Waals surface area contributed by atoms with E-state index in [1.54, 1.807) is 0 Å². The van der Waals surface area contributed by atoms with Crippen molar-refractivity contribution in [3.8, 4) is 5.75 Å². The van der Waals surface area contributed by atoms with E-state index in [1.165, 1.54) is 31.2 Å². The molecular weight excluding hydrogens is 234 g/mol. The minimum Gasteiger partial charge on any atom is -0.490 e. The van der Waals surface area contributed by atoms with Crippen LogP contribution in [0.3, 0.4) is 0 Å². The maximum absolute atomic E-state index is 5.80. The lowest BCUT2D eigenvalue weighted by molar-refractivity contribution is 0.303. The van der Waals surface area contributed by atoms with E-state index >= 15 is 0 Å². The number of rotatable bonds is 7. The van der Waals surface area contributed by atoms with Gasteiger partial charge < -0.3 is 10.1 Å². The largest absolute Gasteiger partial charge is 0.490 e. The zero-order valence-corrected chi connectivity index (χ0v) is 12.1. The van der Waals surface area contributed by atoms with E-state index in [-0.39, 0.29) is 0 Å². The second kappa shape index (κ2) is 5.54. The molecule has 0 aliphatic heterocycles. The lowest BCUT2D eigenvalue weighted by Gasteiger charge is -2.21. The monoisotopic (exact) mass is 259 g/mol. The zero-order chi connectivity index (χ0) is 13.2. The number of ether oxygens (including phenoxy) is 1. The molecule has 3 rings (SSSR count). The Morgan fingerprint density at radius 3 is 2.37 bits per heavy atom. The molecule has 19 heavy (non-hydrogen) atoms. The average molecular weight is 259 g/mol. The summed E-state index contributed by atoms with van der Waals surface area (Å²) in [7, 11) is 0. The lowest BCUT2D eigenvalue weighted by atomic mass is 9.89. The summed E-state index contributed by atoms with van der Waals surface area (Å²) in [6.07, 6.45) is 5.68. The smallest absolute Gasteiger partial charge is 0.119 e. The summed E-state index contributed by atoms with van der Waals surface area (Å²) in [6.45, 7) is 5.80. The topological polar surface area (TPSA) is 21.3 Å². The van der Waals surface area contributed by atoms with Gasteiger partial charge in [0.15, 0.2) is 0 Å². The summed E-state index contributed by atoms with van der Waals surface area (Å²) in [6, 6.07) is 9.53. The van der Waals surface area contributed by atoms with Crippen LogP contribution in [0.25, 0.3) is 0 Å². The Kier molecular flexibility index (Phi) is 3.79. The van der Waals surface area contributed by atoms with Crippen LogP contribution in [0.1, 0.15) is 51.0 Å². The molecule has 0 radical (unpaired) electrons. The van der Waals surface area contributed by atoms with Crippen molar-refractivity contribution < 1.29 is 4.74 Å². The summed E-state index contributed by atoms with van der Waals surface area (Å²) in [5, 5.41) is 3.63. The lowest BCUT2D eigenvalue weighted by Crippen LogP contribution is -2.26. The molecule has 104 valence electrons. The Balaban J connectivity index is 1.53. The van der Waals surface area contributed by atoms with Crippen LogP contribution in [-0.2, 0) is 0 Å². The second-order valence-electron chi connectivity index (χ2n) is 6.33. The Hall–Kier alpha value is -1.02. The van der Waals surface area contributed by atoms with E-state index in [0.29, 0.717) is 17.9 Å². The Morgan fingerprint density at radius 2 is 1.79 bits per heavy atom. The van der Waals surface area contributed by atoms with Crippen molar-refractivity contribution in [3.63, 3.8) is 0 Å². The molecule has 2 atom stereocenters. The number of hydrogen-bond acceptors (Lipinski definition) is 2. The van der Waals surface area contributed by atoms with Gasteiger partial charge in [0.2, 0.25) is 0 Å². The number of nitrogens with one attached hydrogen (secondary N) is 1. The van der Waals surface area contributed by atoms with Crippen LogP contribution < -0.4 is 10.1 Å². The van der Waals surface area contributed by atoms with Gasteiger partial charge >= 0.3 is 0 Å². The van der Waals surface area contributed by atoms with Crippen molar-refractivity contribution >= 4 is 0 Å². The van der Waals surface area contributed by atoms with E-state index in [9.17, 15) is 0 Å². The maximum atomic E-state index is 5.80. The molecule has 2 aliphatic rings. The van der Waals surface area contributed by atoms with E-state index in [0.717, 1.165) is 18.3 Å². The van der Waals surface area contributed by atoms with Crippen LogP contribution in [-0.4, -0.2) is 18.7 Å². The molecule has 1 N–H and O–H groups in total. The zero-order valence-electron chi connectivity index (χ0n) is 12.1. The SMILES string of the molecule is CC(CNC1CC1)C(C)c1ccc(OC2CC2)cc1. The highest BCUT2D eigenvalue weighted by Crippen LogP contribution is 2.30. The summed E-state index contributed by atoms with van der Waals surface area (Å²) in [5.74, 6) is 2.30. The molecule has 1 aromatic carbocycles. The van der Waals surface area contributed by atoms with Gasteiger partial charge in [-0.15, -0.1) is 0 Å². The average Bonchev–Trinajstić information content (AvgIpc) is 3.30. The standard InChI is InChI=1S/C17H25NO/c1-12(11-18-15-5-6-15)13(2)14-3-7-16(8-4-14)19-17-9-10-17/h3-4,7-8,12-13,15,17-18H,5-6,9-11H2,1-2H3. The Bertz CT molecular complexity index is 406. The van der Waals surface area contributed by atoms with E-state index in [2.05, 4.69) is 43.4 Å². The van der Waals surface area contributed by atoms with Gasteiger partial charge in [-0.1, -0.05) is 26.0 Å². The maximum Gasteiger partial charge on any atom is 0.119 e. The third-order valence-electron chi connectivity index (χ3n) is 4.39. The molecule has 0 bridgehead atoms. The van der Waals surface area contributed by atoms with Gasteiger partial charge in [-0.05, 0) is 61.8 Å². The highest BCUT2D eigenvalue weighted by molar-refractivity contribution is 5.30. The molecule has 2 fully saturated rings. The molecule has 0 spiro atoms. The van der Waals surface area contributed by atoms with Gasteiger partial charge in [0, 0.05) is 6.04 Å². The van der Waals surface area contributed by atoms with Gasteiger partial charge in [-0.3, -0.25) is 0 Å². The first-order chi connectivity index (χ1) is 9.22. The van der Waals surface area contributed by atoms with Crippen molar-refractivity contribution in [3.05, 3.63) is 29.8 Å². The van der Waals surface area contributed by atoms with Crippen LogP contribution in [0.5, 0.6) is 5.75 Å². The first-order valence-electron chi connectivity index (χ1n) is 7.72. The summed E-state index contributed by atoms with van der Waals surface area (Å²) < 4.78 is 5.80. The number of benzene rings is 1. The van der Waals surface area contributed by atoms with Gasteiger partial charge in [-0.25, -0.2) is 0 Å². The van der Waals surface area contributed by atoms with Crippen molar-refractivity contribution in [2.24, 2.45) is 5.92 Å². The molecule has 2 nitrogen and oxygen atoms in total.